The minimum absolute atomic E-state index is 0.0612. The standard InChI is InChI=1S/C12H21ClO7Si/c1-4-7-10(14)17-21(20-13,18-11(15)8-5-2)19-12(16)9-6-3/h4-9H2,1-3H3. The molecule has 0 radical (unpaired) electrons. The van der Waals surface area contributed by atoms with Crippen LogP contribution in [-0.4, -0.2) is 27.0 Å². The Labute approximate surface area is 130 Å². The van der Waals surface area contributed by atoms with Crippen LogP contribution in [-0.2, 0) is 31.6 Å². The minimum Gasteiger partial charge on any atom is -0.432 e. The predicted molar refractivity (Wildman–Crippen MR) is 75.7 cm³/mol. The van der Waals surface area contributed by atoms with Gasteiger partial charge in [-0.2, -0.15) is 0 Å². The van der Waals surface area contributed by atoms with Gasteiger partial charge in [-0.3, -0.25) is 14.4 Å². The van der Waals surface area contributed by atoms with Gasteiger partial charge in [0.1, 0.15) is 0 Å². The van der Waals surface area contributed by atoms with Crippen molar-refractivity contribution in [1.29, 1.82) is 0 Å². The van der Waals surface area contributed by atoms with Crippen LogP contribution in [0, 0.1) is 0 Å². The van der Waals surface area contributed by atoms with Crippen LogP contribution < -0.4 is 0 Å². The second-order valence-corrected chi connectivity index (χ2v) is 6.48. The Kier molecular flexibility index (Phi) is 10.0. The van der Waals surface area contributed by atoms with E-state index in [1.165, 1.54) is 0 Å². The molecule has 0 atom stereocenters. The van der Waals surface area contributed by atoms with Crippen molar-refractivity contribution in [2.24, 2.45) is 0 Å². The zero-order valence-electron chi connectivity index (χ0n) is 12.5. The summed E-state index contributed by atoms with van der Waals surface area (Å²) in [6.07, 6.45) is 1.72. The Morgan fingerprint density at radius 1 is 0.762 bits per heavy atom. The van der Waals surface area contributed by atoms with Gasteiger partial charge in [0.15, 0.2) is 0 Å². The molecule has 0 heterocycles. The molecule has 0 aromatic rings. The Bertz CT molecular complexity index is 311. The fourth-order valence-corrected chi connectivity index (χ4v) is 2.94. The topological polar surface area (TPSA) is 88.1 Å². The molecule has 0 amide bonds. The van der Waals surface area contributed by atoms with Gasteiger partial charge in [0.2, 0.25) is 0 Å². The molecule has 0 saturated heterocycles. The quantitative estimate of drug-likeness (QED) is 0.565. The Morgan fingerprint density at radius 3 is 1.24 bits per heavy atom. The first kappa shape index (κ1) is 19.9. The van der Waals surface area contributed by atoms with E-state index in [9.17, 15) is 14.4 Å². The summed E-state index contributed by atoms with van der Waals surface area (Å²) in [5.74, 6) is -2.13. The van der Waals surface area contributed by atoms with Crippen LogP contribution in [0.1, 0.15) is 59.3 Å². The highest BCUT2D eigenvalue weighted by atomic mass is 35.5. The molecule has 0 unspecified atom stereocenters. The van der Waals surface area contributed by atoms with Crippen LogP contribution in [0.4, 0.5) is 0 Å². The molecule has 0 aliphatic heterocycles. The van der Waals surface area contributed by atoms with Gasteiger partial charge in [-0.05, 0) is 19.3 Å². The molecule has 0 aromatic carbocycles. The smallest absolute Gasteiger partial charge is 0.432 e. The van der Waals surface area contributed by atoms with Crippen LogP contribution in [0.3, 0.4) is 0 Å². The van der Waals surface area contributed by atoms with Gasteiger partial charge >= 0.3 is 9.05 Å². The molecule has 0 rings (SSSR count). The first-order chi connectivity index (χ1) is 9.92. The summed E-state index contributed by atoms with van der Waals surface area (Å²) in [6, 6.07) is 0. The van der Waals surface area contributed by atoms with Gasteiger partial charge < -0.3 is 13.3 Å². The average Bonchev–Trinajstić information content (AvgIpc) is 2.39. The van der Waals surface area contributed by atoms with Crippen LogP contribution >= 0.6 is 11.9 Å². The molecule has 0 spiro atoms. The van der Waals surface area contributed by atoms with E-state index in [1.54, 1.807) is 20.8 Å². The minimum atomic E-state index is -4.35. The van der Waals surface area contributed by atoms with Crippen molar-refractivity contribution in [3.8, 4) is 0 Å². The maximum absolute atomic E-state index is 11.6. The van der Waals surface area contributed by atoms with Crippen molar-refractivity contribution >= 4 is 38.8 Å². The van der Waals surface area contributed by atoms with Crippen LogP contribution in [0.5, 0.6) is 0 Å². The van der Waals surface area contributed by atoms with Gasteiger partial charge in [0, 0.05) is 19.3 Å². The van der Waals surface area contributed by atoms with E-state index >= 15 is 0 Å². The Morgan fingerprint density at radius 2 is 1.05 bits per heavy atom. The number of carbonyl (C=O) groups excluding carboxylic acids is 3. The predicted octanol–water partition coefficient (Wildman–Crippen LogP) is 2.62. The molecule has 0 aromatic heterocycles. The lowest BCUT2D eigenvalue weighted by Gasteiger charge is -2.22. The van der Waals surface area contributed by atoms with Crippen LogP contribution in [0.25, 0.3) is 0 Å². The van der Waals surface area contributed by atoms with Gasteiger partial charge in [0.05, 0.1) is 11.9 Å². The molecule has 0 N–H and O–H groups in total. The molecule has 7 nitrogen and oxygen atoms in total. The summed E-state index contributed by atoms with van der Waals surface area (Å²) in [5, 5.41) is 0. The highest BCUT2D eigenvalue weighted by molar-refractivity contribution is 6.62. The van der Waals surface area contributed by atoms with E-state index in [1.807, 2.05) is 0 Å². The molecule has 0 aliphatic rings. The van der Waals surface area contributed by atoms with E-state index in [4.69, 9.17) is 25.1 Å². The maximum Gasteiger partial charge on any atom is 0.916 e. The normalized spacial score (nSPS) is 10.9. The van der Waals surface area contributed by atoms with E-state index in [-0.39, 0.29) is 19.3 Å². The molecular weight excluding hydrogens is 320 g/mol. The van der Waals surface area contributed by atoms with Crippen molar-refractivity contribution in [1.82, 2.24) is 0 Å². The maximum atomic E-state index is 11.6. The molecule has 122 valence electrons. The first-order valence-corrected chi connectivity index (χ1v) is 8.82. The zero-order chi connectivity index (χ0) is 16.3. The molecule has 0 aliphatic carbocycles. The fraction of sp³-hybridized carbons (Fsp3) is 0.750. The lowest BCUT2D eigenvalue weighted by atomic mass is 10.3. The highest BCUT2D eigenvalue weighted by Gasteiger charge is 2.59. The molecule has 21 heavy (non-hydrogen) atoms. The van der Waals surface area contributed by atoms with Crippen molar-refractivity contribution in [2.75, 3.05) is 0 Å². The summed E-state index contributed by atoms with van der Waals surface area (Å²) in [7, 11) is -4.35. The summed E-state index contributed by atoms with van der Waals surface area (Å²) in [5.41, 5.74) is 0. The molecule has 9 heteroatoms. The van der Waals surface area contributed by atoms with E-state index < -0.39 is 27.0 Å². The average molecular weight is 341 g/mol. The summed E-state index contributed by atoms with van der Waals surface area (Å²) in [6.45, 7) is 5.29. The number of halogens is 1. The number of hydrogen-bond donors (Lipinski definition) is 0. The van der Waals surface area contributed by atoms with Gasteiger partial charge in [-0.25, -0.2) is 3.98 Å². The van der Waals surface area contributed by atoms with E-state index in [2.05, 4.69) is 3.98 Å². The summed E-state index contributed by atoms with van der Waals surface area (Å²) in [4.78, 5) is 34.8. The van der Waals surface area contributed by atoms with E-state index in [0.717, 1.165) is 0 Å². The van der Waals surface area contributed by atoms with Crippen molar-refractivity contribution in [3.05, 3.63) is 0 Å². The number of hydrogen-bond acceptors (Lipinski definition) is 7. The SMILES string of the molecule is CCCC(=O)O[Si](OCl)(OC(=O)CCC)OC(=O)CCC. The first-order valence-electron chi connectivity index (χ1n) is 6.88. The third-order valence-corrected chi connectivity index (χ3v) is 4.36. The molecular formula is C12H21ClO7Si. The molecule has 0 saturated carbocycles. The Hall–Kier alpha value is -1.12. The largest absolute Gasteiger partial charge is 0.916 e. The Balaban J connectivity index is 5.02. The van der Waals surface area contributed by atoms with Crippen molar-refractivity contribution in [3.63, 3.8) is 0 Å². The van der Waals surface area contributed by atoms with Crippen LogP contribution in [0.15, 0.2) is 0 Å². The third-order valence-electron chi connectivity index (χ3n) is 2.17. The van der Waals surface area contributed by atoms with Crippen LogP contribution in [0.2, 0.25) is 0 Å². The molecule has 0 bridgehead atoms. The number of rotatable bonds is 10. The fourth-order valence-electron chi connectivity index (χ4n) is 1.29. The number of carbonyl (C=O) groups is 3. The third kappa shape index (κ3) is 8.03. The van der Waals surface area contributed by atoms with Crippen molar-refractivity contribution in [2.45, 2.75) is 59.3 Å². The zero-order valence-corrected chi connectivity index (χ0v) is 14.2. The molecule has 0 fully saturated rings. The monoisotopic (exact) mass is 340 g/mol. The lowest BCUT2D eigenvalue weighted by Crippen LogP contribution is -2.51. The van der Waals surface area contributed by atoms with Gasteiger partial charge in [-0.15, -0.1) is 0 Å². The second-order valence-electron chi connectivity index (χ2n) is 4.25. The summed E-state index contributed by atoms with van der Waals surface area (Å²) < 4.78 is 19.2. The second kappa shape index (κ2) is 10.6. The van der Waals surface area contributed by atoms with Gasteiger partial charge in [0.25, 0.3) is 17.9 Å². The lowest BCUT2D eigenvalue weighted by molar-refractivity contribution is -0.155. The van der Waals surface area contributed by atoms with Gasteiger partial charge in [-0.1, -0.05) is 20.8 Å². The van der Waals surface area contributed by atoms with E-state index in [0.29, 0.717) is 19.3 Å². The summed E-state index contributed by atoms with van der Waals surface area (Å²) >= 11 is 5.29. The van der Waals surface area contributed by atoms with Crippen molar-refractivity contribution < 1.29 is 31.6 Å². The highest BCUT2D eigenvalue weighted by Crippen LogP contribution is 2.18.